The normalized spacial score (nSPS) is 11.3. The zero-order valence-corrected chi connectivity index (χ0v) is 29.9. The van der Waals surface area contributed by atoms with Crippen LogP contribution >= 0.6 is 0 Å². The van der Waals surface area contributed by atoms with Gasteiger partial charge < -0.3 is 4.57 Å². The van der Waals surface area contributed by atoms with E-state index in [1.54, 1.807) is 0 Å². The van der Waals surface area contributed by atoms with Crippen molar-refractivity contribution in [2.45, 2.75) is 0 Å². The van der Waals surface area contributed by atoms with Gasteiger partial charge in [0.1, 0.15) is 0 Å². The molecule has 0 saturated carbocycles. The molecule has 10 rings (SSSR count). The first-order chi connectivity index (χ1) is 27.3. The quantitative estimate of drug-likeness (QED) is 0.166. The van der Waals surface area contributed by atoms with E-state index in [2.05, 4.69) is 199 Å². The number of rotatable bonds is 7. The lowest BCUT2D eigenvalue weighted by molar-refractivity contribution is 1.06. The summed E-state index contributed by atoms with van der Waals surface area (Å²) in [5, 5.41) is 2.39. The highest BCUT2D eigenvalue weighted by Crippen LogP contribution is 2.38. The van der Waals surface area contributed by atoms with E-state index < -0.39 is 0 Å². The average Bonchev–Trinajstić information content (AvgIpc) is 3.61. The average molecular weight is 703 g/mol. The SMILES string of the molecule is c1ccc(-c2ccc(-c3nc(-c4ccc(-c5ccccc5)cc4)nc(-c4ccccc4-n4c5ccccc5c5cc(-c6ccccc6)ccc54)n3)cc2)cc1. The summed E-state index contributed by atoms with van der Waals surface area (Å²) in [6, 6.07) is 72.2. The van der Waals surface area contributed by atoms with Gasteiger partial charge in [-0.3, -0.25) is 0 Å². The molecule has 2 aromatic heterocycles. The molecule has 0 saturated heterocycles. The Labute approximate surface area is 319 Å². The maximum absolute atomic E-state index is 5.22. The Morgan fingerprint density at radius 2 is 0.673 bits per heavy atom. The van der Waals surface area contributed by atoms with Crippen molar-refractivity contribution in [3.63, 3.8) is 0 Å². The standard InChI is InChI=1S/C51H34N4/c1-4-14-35(15-5-1)38-24-28-40(29-25-38)49-52-50(41-30-26-39(27-31-41)36-16-6-2-7-17-36)54-51(53-49)44-21-11-13-23-47(44)55-46-22-12-10-20-43(46)45-34-42(32-33-48(45)55)37-18-8-3-9-19-37/h1-34H. The van der Waals surface area contributed by atoms with E-state index in [9.17, 15) is 0 Å². The van der Waals surface area contributed by atoms with Crippen LogP contribution in [0.4, 0.5) is 0 Å². The molecule has 8 aromatic carbocycles. The maximum atomic E-state index is 5.22. The molecule has 55 heavy (non-hydrogen) atoms. The van der Waals surface area contributed by atoms with Crippen LogP contribution in [0, 0.1) is 0 Å². The summed E-state index contributed by atoms with van der Waals surface area (Å²) in [5.41, 5.74) is 13.0. The molecule has 0 unspecified atom stereocenters. The molecule has 4 heteroatoms. The number of benzene rings is 8. The zero-order valence-electron chi connectivity index (χ0n) is 29.9. The van der Waals surface area contributed by atoms with Crippen molar-refractivity contribution < 1.29 is 0 Å². The van der Waals surface area contributed by atoms with Crippen molar-refractivity contribution in [3.05, 3.63) is 206 Å². The summed E-state index contributed by atoms with van der Waals surface area (Å²) in [5.74, 6) is 1.86. The van der Waals surface area contributed by atoms with Crippen LogP contribution in [0.2, 0.25) is 0 Å². The highest BCUT2D eigenvalue weighted by molar-refractivity contribution is 6.11. The van der Waals surface area contributed by atoms with E-state index in [0.717, 1.165) is 44.5 Å². The van der Waals surface area contributed by atoms with Gasteiger partial charge in [0.15, 0.2) is 17.5 Å². The Kier molecular flexibility index (Phi) is 8.12. The molecule has 0 atom stereocenters. The number of aromatic nitrogens is 4. The number of nitrogens with zero attached hydrogens (tertiary/aromatic N) is 4. The Balaban J connectivity index is 1.14. The smallest absolute Gasteiger partial charge is 0.166 e. The van der Waals surface area contributed by atoms with Crippen LogP contribution in [0.5, 0.6) is 0 Å². The first kappa shape index (κ1) is 32.2. The van der Waals surface area contributed by atoms with E-state index in [1.807, 2.05) is 12.1 Å². The summed E-state index contributed by atoms with van der Waals surface area (Å²) in [6.07, 6.45) is 0. The van der Waals surface area contributed by atoms with Crippen LogP contribution in [0.3, 0.4) is 0 Å². The molecule has 10 aromatic rings. The molecule has 0 bridgehead atoms. The number of para-hydroxylation sites is 2. The maximum Gasteiger partial charge on any atom is 0.166 e. The van der Waals surface area contributed by atoms with Crippen molar-refractivity contribution in [1.29, 1.82) is 0 Å². The summed E-state index contributed by atoms with van der Waals surface area (Å²) in [6.45, 7) is 0. The summed E-state index contributed by atoms with van der Waals surface area (Å²) < 4.78 is 2.35. The van der Waals surface area contributed by atoms with Crippen LogP contribution in [0.1, 0.15) is 0 Å². The minimum Gasteiger partial charge on any atom is -0.309 e. The van der Waals surface area contributed by atoms with Crippen molar-refractivity contribution in [2.75, 3.05) is 0 Å². The first-order valence-corrected chi connectivity index (χ1v) is 18.5. The molecule has 258 valence electrons. The summed E-state index contributed by atoms with van der Waals surface area (Å²) in [7, 11) is 0. The van der Waals surface area contributed by atoms with Crippen LogP contribution in [0.25, 0.3) is 95.0 Å². The Morgan fingerprint density at radius 3 is 1.25 bits per heavy atom. The van der Waals surface area contributed by atoms with Crippen LogP contribution in [-0.2, 0) is 0 Å². The minimum absolute atomic E-state index is 0.613. The monoisotopic (exact) mass is 702 g/mol. The Hall–Kier alpha value is -7.43. The fraction of sp³-hybridized carbons (Fsp3) is 0. The number of hydrogen-bond acceptors (Lipinski definition) is 3. The second kappa shape index (κ2) is 13.8. The highest BCUT2D eigenvalue weighted by atomic mass is 15.1. The van der Waals surface area contributed by atoms with Crippen LogP contribution in [0.15, 0.2) is 206 Å². The topological polar surface area (TPSA) is 43.6 Å². The molecule has 0 spiro atoms. The lowest BCUT2D eigenvalue weighted by Crippen LogP contribution is -2.03. The van der Waals surface area contributed by atoms with E-state index in [4.69, 9.17) is 15.0 Å². The molecule has 2 heterocycles. The van der Waals surface area contributed by atoms with Gasteiger partial charge in [0.05, 0.1) is 16.7 Å². The molecular weight excluding hydrogens is 669 g/mol. The summed E-state index contributed by atoms with van der Waals surface area (Å²) >= 11 is 0. The number of hydrogen-bond donors (Lipinski definition) is 0. The minimum atomic E-state index is 0.613. The van der Waals surface area contributed by atoms with Crippen molar-refractivity contribution in [3.8, 4) is 73.2 Å². The van der Waals surface area contributed by atoms with Gasteiger partial charge >= 0.3 is 0 Å². The Morgan fingerprint density at radius 1 is 0.273 bits per heavy atom. The van der Waals surface area contributed by atoms with E-state index in [0.29, 0.717) is 17.5 Å². The van der Waals surface area contributed by atoms with Crippen molar-refractivity contribution >= 4 is 21.8 Å². The molecular formula is C51H34N4. The van der Waals surface area contributed by atoms with Crippen molar-refractivity contribution in [2.24, 2.45) is 0 Å². The molecule has 0 amide bonds. The van der Waals surface area contributed by atoms with Gasteiger partial charge in [0, 0.05) is 27.5 Å². The summed E-state index contributed by atoms with van der Waals surface area (Å²) in [4.78, 5) is 15.5. The largest absolute Gasteiger partial charge is 0.309 e. The molecule has 0 aliphatic rings. The molecule has 0 N–H and O–H groups in total. The second-order valence-electron chi connectivity index (χ2n) is 13.7. The molecule has 0 aliphatic heterocycles. The lowest BCUT2D eigenvalue weighted by atomic mass is 10.0. The fourth-order valence-corrected chi connectivity index (χ4v) is 7.54. The predicted molar refractivity (Wildman–Crippen MR) is 227 cm³/mol. The van der Waals surface area contributed by atoms with Crippen molar-refractivity contribution in [1.82, 2.24) is 19.5 Å². The molecule has 0 aliphatic carbocycles. The van der Waals surface area contributed by atoms with Gasteiger partial charge in [0.25, 0.3) is 0 Å². The van der Waals surface area contributed by atoms with E-state index >= 15 is 0 Å². The Bertz CT molecular complexity index is 2830. The van der Waals surface area contributed by atoms with Gasteiger partial charge in [-0.05, 0) is 63.7 Å². The lowest BCUT2D eigenvalue weighted by Gasteiger charge is -2.15. The van der Waals surface area contributed by atoms with Crippen LogP contribution < -0.4 is 0 Å². The fourth-order valence-electron chi connectivity index (χ4n) is 7.54. The molecule has 0 radical (unpaired) electrons. The predicted octanol–water partition coefficient (Wildman–Crippen LogP) is 13.0. The first-order valence-electron chi connectivity index (χ1n) is 18.5. The zero-order chi connectivity index (χ0) is 36.6. The molecule has 4 nitrogen and oxygen atoms in total. The molecule has 0 fully saturated rings. The third kappa shape index (κ3) is 6.06. The van der Waals surface area contributed by atoms with E-state index in [-0.39, 0.29) is 0 Å². The number of fused-ring (bicyclic) bond motifs is 3. The van der Waals surface area contributed by atoms with Gasteiger partial charge in [0.2, 0.25) is 0 Å². The third-order valence-corrected chi connectivity index (χ3v) is 10.3. The highest BCUT2D eigenvalue weighted by Gasteiger charge is 2.19. The second-order valence-corrected chi connectivity index (χ2v) is 13.7. The van der Waals surface area contributed by atoms with Gasteiger partial charge in [-0.15, -0.1) is 0 Å². The van der Waals surface area contributed by atoms with E-state index in [1.165, 1.54) is 33.0 Å². The van der Waals surface area contributed by atoms with Gasteiger partial charge in [-0.1, -0.05) is 176 Å². The van der Waals surface area contributed by atoms with Gasteiger partial charge in [-0.2, -0.15) is 0 Å². The van der Waals surface area contributed by atoms with Crippen LogP contribution in [-0.4, -0.2) is 19.5 Å². The van der Waals surface area contributed by atoms with Gasteiger partial charge in [-0.25, -0.2) is 15.0 Å². The third-order valence-electron chi connectivity index (χ3n) is 10.3.